The highest BCUT2D eigenvalue weighted by Crippen LogP contribution is 2.42. The van der Waals surface area contributed by atoms with E-state index in [1.54, 1.807) is 0 Å². The Morgan fingerprint density at radius 2 is 1.25 bits per heavy atom. The minimum absolute atomic E-state index is 0.0861. The number of aliphatic hydroxyl groups is 1. The van der Waals surface area contributed by atoms with Crippen molar-refractivity contribution in [3.05, 3.63) is 0 Å². The summed E-state index contributed by atoms with van der Waals surface area (Å²) in [5.41, 5.74) is 0. The Morgan fingerprint density at radius 1 is 0.750 bits per heavy atom. The van der Waals surface area contributed by atoms with Gasteiger partial charge >= 0.3 is 13.8 Å². The van der Waals surface area contributed by atoms with E-state index < -0.39 is 26.5 Å². The predicted octanol–water partition coefficient (Wildman–Crippen LogP) is 5.81. The molecular weight excluding hydrogens is 485 g/mol. The number of amides is 1. The standard InChI is InChI=1S/C26H52NO8P/c1-3-5-7-9-11-12-13-14-16-18-25(29)27-20-21-34-36(31,32)35-23-24(28)22-33-26(30)19-17-15-10-8-6-4-2/h24,28H,3-23H2,1-2H3,(H,27,29)(H,31,32). The number of nitrogens with one attached hydrogen (secondary N) is 1. The molecule has 0 rings (SSSR count). The van der Waals surface area contributed by atoms with Crippen molar-refractivity contribution >= 4 is 19.7 Å². The molecule has 0 saturated heterocycles. The van der Waals surface area contributed by atoms with Crippen molar-refractivity contribution < 1.29 is 37.9 Å². The average molecular weight is 538 g/mol. The van der Waals surface area contributed by atoms with Crippen LogP contribution in [-0.4, -0.2) is 54.3 Å². The fourth-order valence-corrected chi connectivity index (χ4v) is 4.37. The van der Waals surface area contributed by atoms with Crippen LogP contribution in [0.4, 0.5) is 0 Å². The fraction of sp³-hybridized carbons (Fsp3) is 0.923. The maximum atomic E-state index is 11.9. The van der Waals surface area contributed by atoms with E-state index in [2.05, 4.69) is 19.2 Å². The van der Waals surface area contributed by atoms with Gasteiger partial charge in [0.05, 0.1) is 13.2 Å². The van der Waals surface area contributed by atoms with E-state index in [0.29, 0.717) is 6.42 Å². The van der Waals surface area contributed by atoms with E-state index in [1.165, 1.54) is 51.4 Å². The first-order chi connectivity index (χ1) is 17.3. The molecule has 2 atom stereocenters. The van der Waals surface area contributed by atoms with Crippen molar-refractivity contribution in [1.82, 2.24) is 5.32 Å². The van der Waals surface area contributed by atoms with Gasteiger partial charge in [-0.3, -0.25) is 18.6 Å². The van der Waals surface area contributed by atoms with Gasteiger partial charge in [-0.15, -0.1) is 0 Å². The van der Waals surface area contributed by atoms with Gasteiger partial charge in [0.25, 0.3) is 0 Å². The number of aliphatic hydroxyl groups excluding tert-OH is 1. The largest absolute Gasteiger partial charge is 0.472 e. The lowest BCUT2D eigenvalue weighted by Gasteiger charge is -2.15. The SMILES string of the molecule is CCCCCCCCCCCC(=O)NCCOP(=O)(O)OCC(O)COC(=O)CCCCCCCC. The van der Waals surface area contributed by atoms with Crippen LogP contribution in [0.2, 0.25) is 0 Å². The minimum atomic E-state index is -4.38. The van der Waals surface area contributed by atoms with Crippen molar-refractivity contribution in [3.8, 4) is 0 Å². The smallest absolute Gasteiger partial charge is 0.463 e. The van der Waals surface area contributed by atoms with Crippen molar-refractivity contribution in [3.63, 3.8) is 0 Å². The van der Waals surface area contributed by atoms with Gasteiger partial charge in [-0.1, -0.05) is 97.3 Å². The molecule has 0 fully saturated rings. The average Bonchev–Trinajstić information content (AvgIpc) is 2.85. The number of ether oxygens (including phenoxy) is 1. The number of rotatable bonds is 26. The third kappa shape index (κ3) is 24.7. The number of hydrogen-bond acceptors (Lipinski definition) is 7. The van der Waals surface area contributed by atoms with Crippen LogP contribution in [0, 0.1) is 0 Å². The highest BCUT2D eigenvalue weighted by atomic mass is 31.2. The van der Waals surface area contributed by atoms with Gasteiger partial charge in [-0.25, -0.2) is 4.57 Å². The molecule has 1 amide bonds. The zero-order chi connectivity index (χ0) is 26.9. The second-order valence-electron chi connectivity index (χ2n) is 9.38. The first kappa shape index (κ1) is 35.0. The van der Waals surface area contributed by atoms with Crippen LogP contribution < -0.4 is 5.32 Å². The van der Waals surface area contributed by atoms with Gasteiger partial charge in [-0.2, -0.15) is 0 Å². The molecule has 0 aromatic carbocycles. The van der Waals surface area contributed by atoms with Gasteiger partial charge in [0.2, 0.25) is 5.91 Å². The van der Waals surface area contributed by atoms with Crippen LogP contribution in [0.25, 0.3) is 0 Å². The minimum Gasteiger partial charge on any atom is -0.463 e. The van der Waals surface area contributed by atoms with Crippen molar-refractivity contribution in [2.45, 2.75) is 129 Å². The summed E-state index contributed by atoms with van der Waals surface area (Å²) in [6, 6.07) is 0. The van der Waals surface area contributed by atoms with E-state index in [1.807, 2.05) is 0 Å². The molecule has 0 aliphatic rings. The normalized spacial score (nSPS) is 13.8. The maximum Gasteiger partial charge on any atom is 0.472 e. The number of carbonyl (C=O) groups excluding carboxylic acids is 2. The second kappa shape index (κ2) is 24.4. The van der Waals surface area contributed by atoms with Crippen LogP contribution >= 0.6 is 7.82 Å². The zero-order valence-electron chi connectivity index (χ0n) is 22.7. The van der Waals surface area contributed by atoms with Crippen molar-refractivity contribution in [1.29, 1.82) is 0 Å². The summed E-state index contributed by atoms with van der Waals surface area (Å²) in [6.07, 6.45) is 16.4. The highest BCUT2D eigenvalue weighted by molar-refractivity contribution is 7.47. The van der Waals surface area contributed by atoms with Crippen LogP contribution in [0.15, 0.2) is 0 Å². The van der Waals surface area contributed by atoms with E-state index in [0.717, 1.165) is 44.9 Å². The summed E-state index contributed by atoms with van der Waals surface area (Å²) < 4.78 is 26.4. The summed E-state index contributed by atoms with van der Waals surface area (Å²) in [5.74, 6) is -0.528. The number of esters is 1. The molecule has 10 heteroatoms. The van der Waals surface area contributed by atoms with E-state index in [9.17, 15) is 24.2 Å². The van der Waals surface area contributed by atoms with Gasteiger partial charge < -0.3 is 20.1 Å². The predicted molar refractivity (Wildman–Crippen MR) is 142 cm³/mol. The van der Waals surface area contributed by atoms with Crippen LogP contribution in [0.3, 0.4) is 0 Å². The molecule has 0 spiro atoms. The Labute approximate surface area is 218 Å². The Kier molecular flexibility index (Phi) is 23.7. The van der Waals surface area contributed by atoms with E-state index >= 15 is 0 Å². The van der Waals surface area contributed by atoms with Gasteiger partial charge in [-0.05, 0) is 12.8 Å². The number of phosphoric ester groups is 1. The summed E-state index contributed by atoms with van der Waals surface area (Å²) in [4.78, 5) is 33.2. The highest BCUT2D eigenvalue weighted by Gasteiger charge is 2.23. The first-order valence-corrected chi connectivity index (χ1v) is 15.5. The van der Waals surface area contributed by atoms with E-state index in [4.69, 9.17) is 13.8 Å². The molecule has 0 aromatic heterocycles. The Bertz CT molecular complexity index is 590. The molecule has 3 N–H and O–H groups in total. The lowest BCUT2D eigenvalue weighted by Crippen LogP contribution is -2.27. The summed E-state index contributed by atoms with van der Waals surface area (Å²) in [7, 11) is -4.38. The molecule has 0 radical (unpaired) electrons. The molecule has 0 saturated carbocycles. The number of carbonyl (C=O) groups is 2. The third-order valence-electron chi connectivity index (χ3n) is 5.79. The topological polar surface area (TPSA) is 131 Å². The van der Waals surface area contributed by atoms with Crippen molar-refractivity contribution in [2.24, 2.45) is 0 Å². The van der Waals surface area contributed by atoms with Gasteiger partial charge in [0.1, 0.15) is 12.7 Å². The second-order valence-corrected chi connectivity index (χ2v) is 10.8. The van der Waals surface area contributed by atoms with Crippen LogP contribution in [-0.2, 0) is 27.9 Å². The first-order valence-electron chi connectivity index (χ1n) is 14.0. The molecule has 0 heterocycles. The lowest BCUT2D eigenvalue weighted by atomic mass is 10.1. The molecule has 0 aliphatic heterocycles. The number of unbranched alkanes of at least 4 members (excludes halogenated alkanes) is 13. The molecular formula is C26H52NO8P. The molecule has 214 valence electrons. The summed E-state index contributed by atoms with van der Waals surface area (Å²) in [6.45, 7) is 3.42. The van der Waals surface area contributed by atoms with Gasteiger partial charge in [0.15, 0.2) is 0 Å². The third-order valence-corrected chi connectivity index (χ3v) is 6.77. The summed E-state index contributed by atoms with van der Waals surface area (Å²) in [5, 5.41) is 12.5. The Balaban J connectivity index is 3.69. The Hall–Kier alpha value is -0.990. The molecule has 9 nitrogen and oxygen atoms in total. The lowest BCUT2D eigenvalue weighted by molar-refractivity contribution is -0.147. The molecule has 0 bridgehead atoms. The quantitative estimate of drug-likeness (QED) is 0.0715. The Morgan fingerprint density at radius 3 is 1.81 bits per heavy atom. The van der Waals surface area contributed by atoms with E-state index in [-0.39, 0.29) is 32.1 Å². The summed E-state index contributed by atoms with van der Waals surface area (Å²) >= 11 is 0. The molecule has 0 aromatic rings. The maximum absolute atomic E-state index is 11.9. The molecule has 2 unspecified atom stereocenters. The molecule has 36 heavy (non-hydrogen) atoms. The van der Waals surface area contributed by atoms with Crippen LogP contribution in [0.5, 0.6) is 0 Å². The van der Waals surface area contributed by atoms with Gasteiger partial charge in [0, 0.05) is 19.4 Å². The zero-order valence-corrected chi connectivity index (χ0v) is 23.6. The fourth-order valence-electron chi connectivity index (χ4n) is 3.61. The van der Waals surface area contributed by atoms with Crippen LogP contribution in [0.1, 0.15) is 123 Å². The number of phosphoric acid groups is 1. The van der Waals surface area contributed by atoms with Crippen molar-refractivity contribution in [2.75, 3.05) is 26.4 Å². The monoisotopic (exact) mass is 537 g/mol. The number of hydrogen-bond donors (Lipinski definition) is 3. The molecule has 0 aliphatic carbocycles.